The van der Waals surface area contributed by atoms with Gasteiger partial charge in [0.05, 0.1) is 10.5 Å². The van der Waals surface area contributed by atoms with Crippen molar-refractivity contribution >= 4 is 29.7 Å². The third kappa shape index (κ3) is 4.72. The van der Waals surface area contributed by atoms with Crippen molar-refractivity contribution in [2.75, 3.05) is 25.9 Å². The molecule has 1 rings (SSSR count). The fourth-order valence-corrected chi connectivity index (χ4v) is 1.47. The van der Waals surface area contributed by atoms with Gasteiger partial charge in [0.2, 0.25) is 0 Å². The number of anilines is 1. The minimum atomic E-state index is -0.604. The normalized spacial score (nSPS) is 9.53. The highest BCUT2D eigenvalue weighted by Crippen LogP contribution is 2.24. The molecule has 0 saturated carbocycles. The number of carbonyl (C=O) groups is 1. The number of benzene rings is 1. The molecule has 0 bridgehead atoms. The van der Waals surface area contributed by atoms with E-state index in [0.717, 1.165) is 13.0 Å². The second-order valence-corrected chi connectivity index (χ2v) is 3.71. The summed E-state index contributed by atoms with van der Waals surface area (Å²) >= 11 is 0. The van der Waals surface area contributed by atoms with Crippen molar-refractivity contribution in [1.29, 1.82) is 0 Å². The van der Waals surface area contributed by atoms with Crippen LogP contribution in [0.15, 0.2) is 18.2 Å². The molecule has 0 aliphatic carbocycles. The highest BCUT2D eigenvalue weighted by molar-refractivity contribution is 6.00. The number of nitrogen functional groups attached to an aromatic ring is 1. The summed E-state index contributed by atoms with van der Waals surface area (Å²) in [5.74, 6) is -0.396. The van der Waals surface area contributed by atoms with E-state index in [9.17, 15) is 14.9 Å². The Hall–Kier alpha value is -1.86. The first-order chi connectivity index (χ1) is 8.57. The van der Waals surface area contributed by atoms with Gasteiger partial charge in [-0.2, -0.15) is 0 Å². The molecule has 0 aliphatic rings. The number of hydrogen-bond donors (Lipinski definition) is 3. The van der Waals surface area contributed by atoms with Crippen LogP contribution in [0.2, 0.25) is 0 Å². The topological polar surface area (TPSA) is 110 Å². The molecule has 0 atom stereocenters. The molecular weight excluding hydrogens is 272 g/mol. The van der Waals surface area contributed by atoms with Crippen molar-refractivity contribution in [3.63, 3.8) is 0 Å². The van der Waals surface area contributed by atoms with Crippen LogP contribution in [0.4, 0.5) is 11.4 Å². The minimum absolute atomic E-state index is 0. The van der Waals surface area contributed by atoms with Gasteiger partial charge in [-0.15, -0.1) is 12.4 Å². The first kappa shape index (κ1) is 17.1. The van der Waals surface area contributed by atoms with Crippen molar-refractivity contribution in [3.05, 3.63) is 33.9 Å². The van der Waals surface area contributed by atoms with Gasteiger partial charge in [-0.25, -0.2) is 0 Å². The van der Waals surface area contributed by atoms with Gasteiger partial charge in [0.1, 0.15) is 5.69 Å². The first-order valence-corrected chi connectivity index (χ1v) is 5.53. The van der Waals surface area contributed by atoms with Gasteiger partial charge in [-0.3, -0.25) is 14.9 Å². The molecule has 0 unspecified atom stereocenters. The Morgan fingerprint density at radius 3 is 2.68 bits per heavy atom. The van der Waals surface area contributed by atoms with E-state index >= 15 is 0 Å². The van der Waals surface area contributed by atoms with Crippen molar-refractivity contribution in [2.24, 2.45) is 0 Å². The molecule has 106 valence electrons. The fourth-order valence-electron chi connectivity index (χ4n) is 1.47. The summed E-state index contributed by atoms with van der Waals surface area (Å²) in [7, 11) is 1.82. The molecule has 1 aromatic rings. The van der Waals surface area contributed by atoms with E-state index in [4.69, 9.17) is 5.73 Å². The van der Waals surface area contributed by atoms with Gasteiger partial charge in [-0.1, -0.05) is 6.07 Å². The molecule has 0 saturated heterocycles. The van der Waals surface area contributed by atoms with Crippen LogP contribution in [-0.4, -0.2) is 31.0 Å². The number of nitro groups is 1. The Morgan fingerprint density at radius 1 is 1.42 bits per heavy atom. The molecule has 7 nitrogen and oxygen atoms in total. The zero-order valence-electron chi connectivity index (χ0n) is 10.5. The molecule has 0 spiro atoms. The van der Waals surface area contributed by atoms with Crippen molar-refractivity contribution in [2.45, 2.75) is 6.42 Å². The number of rotatable bonds is 6. The second kappa shape index (κ2) is 8.28. The highest BCUT2D eigenvalue weighted by atomic mass is 35.5. The number of amides is 1. The Labute approximate surface area is 117 Å². The number of nitro benzene ring substituents is 1. The SMILES string of the molecule is CNCCCNC(=O)c1cccc([N+](=O)[O-])c1N.Cl. The number of nitrogens with zero attached hydrogens (tertiary/aromatic N) is 1. The number of halogens is 1. The van der Waals surface area contributed by atoms with Gasteiger partial charge >= 0.3 is 0 Å². The van der Waals surface area contributed by atoms with Gasteiger partial charge in [0, 0.05) is 12.6 Å². The number of nitrogens with one attached hydrogen (secondary N) is 2. The summed E-state index contributed by atoms with van der Waals surface area (Å²) in [6, 6.07) is 4.18. The maximum absolute atomic E-state index is 11.8. The Bertz CT molecular complexity index is 454. The van der Waals surface area contributed by atoms with Crippen LogP contribution >= 0.6 is 12.4 Å². The maximum atomic E-state index is 11.8. The van der Waals surface area contributed by atoms with Crippen LogP contribution in [0.25, 0.3) is 0 Å². The molecule has 8 heteroatoms. The molecule has 0 aromatic heterocycles. The van der Waals surface area contributed by atoms with E-state index < -0.39 is 10.8 Å². The summed E-state index contributed by atoms with van der Waals surface area (Å²) in [4.78, 5) is 21.8. The van der Waals surface area contributed by atoms with Crippen LogP contribution < -0.4 is 16.4 Å². The summed E-state index contributed by atoms with van der Waals surface area (Å²) in [5, 5.41) is 16.3. The van der Waals surface area contributed by atoms with Crippen LogP contribution in [0.1, 0.15) is 16.8 Å². The van der Waals surface area contributed by atoms with E-state index in [1.54, 1.807) is 0 Å². The third-order valence-corrected chi connectivity index (χ3v) is 2.41. The first-order valence-electron chi connectivity index (χ1n) is 5.53. The van der Waals surface area contributed by atoms with Crippen LogP contribution in [-0.2, 0) is 0 Å². The lowest BCUT2D eigenvalue weighted by Gasteiger charge is -2.07. The Morgan fingerprint density at radius 2 is 2.11 bits per heavy atom. The number of hydrogen-bond acceptors (Lipinski definition) is 5. The van der Waals surface area contributed by atoms with Gasteiger partial charge < -0.3 is 16.4 Å². The van der Waals surface area contributed by atoms with Crippen LogP contribution in [0, 0.1) is 10.1 Å². The number of nitrogens with two attached hydrogens (primary N) is 1. The summed E-state index contributed by atoms with van der Waals surface area (Å²) in [6.45, 7) is 1.27. The zero-order valence-corrected chi connectivity index (χ0v) is 11.3. The third-order valence-electron chi connectivity index (χ3n) is 2.41. The molecule has 1 aromatic carbocycles. The molecular formula is C11H17ClN4O3. The average Bonchev–Trinajstić information content (AvgIpc) is 2.34. The monoisotopic (exact) mass is 288 g/mol. The summed E-state index contributed by atoms with van der Waals surface area (Å²) < 4.78 is 0. The van der Waals surface area contributed by atoms with Crippen molar-refractivity contribution in [3.8, 4) is 0 Å². The molecule has 4 N–H and O–H groups in total. The number of carbonyl (C=O) groups excluding carboxylic acids is 1. The highest BCUT2D eigenvalue weighted by Gasteiger charge is 2.18. The molecule has 1 amide bonds. The molecule has 19 heavy (non-hydrogen) atoms. The average molecular weight is 289 g/mol. The zero-order chi connectivity index (χ0) is 13.5. The summed E-state index contributed by atoms with van der Waals surface area (Å²) in [5.41, 5.74) is 5.38. The lowest BCUT2D eigenvalue weighted by molar-refractivity contribution is -0.383. The van der Waals surface area contributed by atoms with Crippen molar-refractivity contribution < 1.29 is 9.72 Å². The van der Waals surface area contributed by atoms with Crippen molar-refractivity contribution in [1.82, 2.24) is 10.6 Å². The van der Waals surface area contributed by atoms with Gasteiger partial charge in [0.15, 0.2) is 0 Å². The van der Waals surface area contributed by atoms with Crippen LogP contribution in [0.3, 0.4) is 0 Å². The van der Waals surface area contributed by atoms with E-state index in [1.165, 1.54) is 18.2 Å². The Balaban J connectivity index is 0.00000324. The number of para-hydroxylation sites is 1. The van der Waals surface area contributed by atoms with E-state index in [0.29, 0.717) is 6.54 Å². The molecule has 0 heterocycles. The lowest BCUT2D eigenvalue weighted by Crippen LogP contribution is -2.27. The van der Waals surface area contributed by atoms with E-state index in [1.807, 2.05) is 7.05 Å². The maximum Gasteiger partial charge on any atom is 0.292 e. The summed E-state index contributed by atoms with van der Waals surface area (Å²) in [6.07, 6.45) is 0.775. The molecule has 0 fully saturated rings. The van der Waals surface area contributed by atoms with Crippen LogP contribution in [0.5, 0.6) is 0 Å². The molecule has 0 aliphatic heterocycles. The fraction of sp³-hybridized carbons (Fsp3) is 0.364. The van der Waals surface area contributed by atoms with E-state index in [2.05, 4.69) is 10.6 Å². The predicted molar refractivity (Wildman–Crippen MR) is 75.6 cm³/mol. The van der Waals surface area contributed by atoms with Gasteiger partial charge in [0.25, 0.3) is 11.6 Å². The lowest BCUT2D eigenvalue weighted by atomic mass is 10.1. The second-order valence-electron chi connectivity index (χ2n) is 3.71. The quantitative estimate of drug-likeness (QED) is 0.312. The smallest absolute Gasteiger partial charge is 0.292 e. The van der Waals surface area contributed by atoms with E-state index in [-0.39, 0.29) is 29.3 Å². The Kier molecular flexibility index (Phi) is 7.47. The standard InChI is InChI=1S/C11H16N4O3.ClH/c1-13-6-3-7-14-11(16)8-4-2-5-9(10(8)12)15(17)18;/h2,4-5,13H,3,6-7,12H2,1H3,(H,14,16);1H. The molecule has 0 radical (unpaired) electrons. The van der Waals surface area contributed by atoms with Gasteiger partial charge in [-0.05, 0) is 26.1 Å². The predicted octanol–water partition coefficient (Wildman–Crippen LogP) is 0.938. The minimum Gasteiger partial charge on any atom is -0.393 e. The largest absolute Gasteiger partial charge is 0.393 e.